The van der Waals surface area contributed by atoms with Gasteiger partial charge in [-0.3, -0.25) is 13.9 Å². The van der Waals surface area contributed by atoms with Crippen molar-refractivity contribution >= 4 is 44.3 Å². The number of carbonyl (C=O) groups excluding carboxylic acids is 2. The highest BCUT2D eigenvalue weighted by atomic mass is 32.2. The second-order valence-electron chi connectivity index (χ2n) is 6.67. The molecule has 28 heavy (non-hydrogen) atoms. The predicted molar refractivity (Wildman–Crippen MR) is 112 cm³/mol. The molecule has 0 aromatic heterocycles. The van der Waals surface area contributed by atoms with E-state index in [9.17, 15) is 18.0 Å². The van der Waals surface area contributed by atoms with Crippen molar-refractivity contribution < 1.29 is 18.0 Å². The van der Waals surface area contributed by atoms with E-state index in [2.05, 4.69) is 5.32 Å². The lowest BCUT2D eigenvalue weighted by Gasteiger charge is -2.16. The Balaban J connectivity index is 1.70. The summed E-state index contributed by atoms with van der Waals surface area (Å²) in [6.45, 7) is 0.393. The maximum Gasteiger partial charge on any atom is 0.285 e. The summed E-state index contributed by atoms with van der Waals surface area (Å²) >= 11 is 1.11. The fraction of sp³-hybridized carbons (Fsp3) is 0.263. The summed E-state index contributed by atoms with van der Waals surface area (Å²) < 4.78 is 25.0. The van der Waals surface area contributed by atoms with Crippen molar-refractivity contribution in [1.29, 1.82) is 0 Å². The molecule has 1 heterocycles. The summed E-state index contributed by atoms with van der Waals surface area (Å²) in [5.74, 6) is -0.273. The van der Waals surface area contributed by atoms with Gasteiger partial charge in [-0.05, 0) is 66.2 Å². The second kappa shape index (κ2) is 7.84. The molecule has 7 nitrogen and oxygen atoms in total. The highest BCUT2D eigenvalue weighted by Crippen LogP contribution is 2.31. The molecule has 0 saturated heterocycles. The average molecular weight is 420 g/mol. The van der Waals surface area contributed by atoms with Crippen molar-refractivity contribution in [3.05, 3.63) is 53.6 Å². The number of hydrogen-bond donors (Lipinski definition) is 1. The Morgan fingerprint density at radius 3 is 2.39 bits per heavy atom. The molecule has 2 aromatic carbocycles. The molecule has 0 aliphatic carbocycles. The standard InChI is InChI=1S/C19H21N3O4S2/c1-21(2)19(24)27-16-7-5-15(6-8-16)20-18(23)14-4-9-17-13(12-14)10-11-22(17)28(3,25)26/h4-9,12H,10-11H2,1-3H3,(H,20,23). The Labute approximate surface area is 168 Å². The number of rotatable bonds is 4. The van der Waals surface area contributed by atoms with E-state index in [1.807, 2.05) is 0 Å². The third-order valence-electron chi connectivity index (χ3n) is 4.28. The molecule has 2 aromatic rings. The Bertz CT molecular complexity index is 1020. The van der Waals surface area contributed by atoms with Crippen LogP contribution in [0.2, 0.25) is 0 Å². The normalized spacial score (nSPS) is 13.2. The number of fused-ring (bicyclic) bond motifs is 1. The summed E-state index contributed by atoms with van der Waals surface area (Å²) in [6, 6.07) is 12.0. The van der Waals surface area contributed by atoms with Gasteiger partial charge in [0.05, 0.1) is 11.9 Å². The van der Waals surface area contributed by atoms with Crippen LogP contribution in [-0.4, -0.2) is 51.4 Å². The number of hydrogen-bond acceptors (Lipinski definition) is 5. The SMILES string of the molecule is CN(C)C(=O)Sc1ccc(NC(=O)c2ccc3c(c2)CCN3S(C)(=O)=O)cc1. The van der Waals surface area contributed by atoms with Gasteiger partial charge in [0, 0.05) is 36.8 Å². The van der Waals surface area contributed by atoms with Gasteiger partial charge < -0.3 is 10.2 Å². The summed E-state index contributed by atoms with van der Waals surface area (Å²) in [5.41, 5.74) is 2.55. The number of nitrogens with zero attached hydrogens (tertiary/aromatic N) is 2. The quantitative estimate of drug-likeness (QED) is 0.770. The van der Waals surface area contributed by atoms with Crippen molar-refractivity contribution in [3.8, 4) is 0 Å². The number of carbonyl (C=O) groups is 2. The van der Waals surface area contributed by atoms with Crippen molar-refractivity contribution in [3.63, 3.8) is 0 Å². The molecular formula is C19H21N3O4S2. The maximum atomic E-state index is 12.5. The molecule has 1 aliphatic rings. The fourth-order valence-corrected chi connectivity index (χ4v) is 4.47. The van der Waals surface area contributed by atoms with E-state index in [4.69, 9.17) is 0 Å². The van der Waals surface area contributed by atoms with Crippen LogP contribution >= 0.6 is 11.8 Å². The molecular weight excluding hydrogens is 398 g/mol. The van der Waals surface area contributed by atoms with Crippen LogP contribution in [0.15, 0.2) is 47.4 Å². The maximum absolute atomic E-state index is 12.5. The van der Waals surface area contributed by atoms with Crippen LogP contribution in [0.1, 0.15) is 15.9 Å². The highest BCUT2D eigenvalue weighted by Gasteiger charge is 2.26. The zero-order valence-corrected chi connectivity index (χ0v) is 17.4. The second-order valence-corrected chi connectivity index (χ2v) is 9.60. The van der Waals surface area contributed by atoms with Gasteiger partial charge in [-0.2, -0.15) is 0 Å². The van der Waals surface area contributed by atoms with E-state index in [1.54, 1.807) is 56.6 Å². The lowest BCUT2D eigenvalue weighted by atomic mass is 10.1. The van der Waals surface area contributed by atoms with E-state index in [0.29, 0.717) is 29.9 Å². The first-order chi connectivity index (χ1) is 13.1. The van der Waals surface area contributed by atoms with Crippen LogP contribution in [0.5, 0.6) is 0 Å². The van der Waals surface area contributed by atoms with Gasteiger partial charge in [0.1, 0.15) is 0 Å². The Kier molecular flexibility index (Phi) is 5.66. The monoisotopic (exact) mass is 419 g/mol. The van der Waals surface area contributed by atoms with Gasteiger partial charge in [-0.25, -0.2) is 8.42 Å². The number of thioether (sulfide) groups is 1. The lowest BCUT2D eigenvalue weighted by molar-refractivity contribution is 0.102. The summed E-state index contributed by atoms with van der Waals surface area (Å²) in [6.07, 6.45) is 1.76. The molecule has 0 unspecified atom stereocenters. The topological polar surface area (TPSA) is 86.8 Å². The molecule has 0 bridgehead atoms. The van der Waals surface area contributed by atoms with Gasteiger partial charge in [0.15, 0.2) is 0 Å². The van der Waals surface area contributed by atoms with Gasteiger partial charge in [0.2, 0.25) is 10.0 Å². The van der Waals surface area contributed by atoms with Crippen molar-refractivity contribution in [2.24, 2.45) is 0 Å². The number of amides is 2. The molecule has 9 heteroatoms. The minimum atomic E-state index is -3.31. The first-order valence-electron chi connectivity index (χ1n) is 8.56. The molecule has 3 rings (SSSR count). The summed E-state index contributed by atoms with van der Waals surface area (Å²) in [4.78, 5) is 26.5. The number of benzene rings is 2. The molecule has 1 aliphatic heterocycles. The minimum absolute atomic E-state index is 0.0712. The van der Waals surface area contributed by atoms with Crippen molar-refractivity contribution in [2.75, 3.05) is 36.5 Å². The third kappa shape index (κ3) is 4.48. The highest BCUT2D eigenvalue weighted by molar-refractivity contribution is 8.13. The molecule has 148 valence electrons. The fourth-order valence-electron chi connectivity index (χ4n) is 2.86. The molecule has 0 atom stereocenters. The van der Waals surface area contributed by atoms with Crippen LogP contribution < -0.4 is 9.62 Å². The van der Waals surface area contributed by atoms with E-state index in [-0.39, 0.29) is 11.1 Å². The molecule has 2 amide bonds. The summed E-state index contributed by atoms with van der Waals surface area (Å²) in [7, 11) is 0.0683. The van der Waals surface area contributed by atoms with E-state index in [1.165, 1.54) is 15.5 Å². The zero-order chi connectivity index (χ0) is 20.5. The van der Waals surface area contributed by atoms with Gasteiger partial charge in [-0.15, -0.1) is 0 Å². The van der Waals surface area contributed by atoms with Crippen LogP contribution in [0.3, 0.4) is 0 Å². The van der Waals surface area contributed by atoms with Crippen LogP contribution in [0.4, 0.5) is 16.2 Å². The van der Waals surface area contributed by atoms with Gasteiger partial charge >= 0.3 is 0 Å². The smallest absolute Gasteiger partial charge is 0.285 e. The Morgan fingerprint density at radius 1 is 1.11 bits per heavy atom. The largest absolute Gasteiger partial charge is 0.339 e. The zero-order valence-electron chi connectivity index (χ0n) is 15.8. The average Bonchev–Trinajstić information content (AvgIpc) is 3.06. The van der Waals surface area contributed by atoms with Crippen LogP contribution in [0.25, 0.3) is 0 Å². The van der Waals surface area contributed by atoms with Gasteiger partial charge in [0.25, 0.3) is 11.1 Å². The number of nitrogens with one attached hydrogen (secondary N) is 1. The first-order valence-corrected chi connectivity index (χ1v) is 11.2. The van der Waals surface area contributed by atoms with Crippen molar-refractivity contribution in [2.45, 2.75) is 11.3 Å². The van der Waals surface area contributed by atoms with E-state index >= 15 is 0 Å². The molecule has 0 spiro atoms. The number of sulfonamides is 1. The van der Waals surface area contributed by atoms with Crippen molar-refractivity contribution in [1.82, 2.24) is 4.90 Å². The van der Waals surface area contributed by atoms with E-state index in [0.717, 1.165) is 22.2 Å². The first kappa shape index (κ1) is 20.2. The Morgan fingerprint density at radius 2 is 1.79 bits per heavy atom. The van der Waals surface area contributed by atoms with Crippen LogP contribution in [-0.2, 0) is 16.4 Å². The van der Waals surface area contributed by atoms with Crippen LogP contribution in [0, 0.1) is 0 Å². The summed E-state index contributed by atoms with van der Waals surface area (Å²) in [5, 5.41) is 2.75. The third-order valence-corrected chi connectivity index (χ3v) is 6.51. The molecule has 0 fully saturated rings. The minimum Gasteiger partial charge on any atom is -0.339 e. The molecule has 0 radical (unpaired) electrons. The lowest BCUT2D eigenvalue weighted by Crippen LogP contribution is -2.27. The Hall–Kier alpha value is -2.52. The van der Waals surface area contributed by atoms with Gasteiger partial charge in [-0.1, -0.05) is 0 Å². The molecule has 0 saturated carbocycles. The van der Waals surface area contributed by atoms with E-state index < -0.39 is 10.0 Å². The predicted octanol–water partition coefficient (Wildman–Crippen LogP) is 3.03. The molecule has 1 N–H and O–H groups in total. The number of anilines is 2.